The van der Waals surface area contributed by atoms with Crippen LogP contribution in [0.2, 0.25) is 0 Å². The molecule has 5 atom stereocenters. The normalized spacial score (nSPS) is 38.1. The Morgan fingerprint density at radius 1 is 0.950 bits per heavy atom. The maximum Gasteiger partial charge on any atom is 0.195 e. The summed E-state index contributed by atoms with van der Waals surface area (Å²) in [7, 11) is 0. The van der Waals surface area contributed by atoms with Gasteiger partial charge in [0.25, 0.3) is 0 Å². The highest BCUT2D eigenvalue weighted by molar-refractivity contribution is 4.95. The molecule has 1 saturated heterocycles. The molecule has 20 heavy (non-hydrogen) atoms. The molecule has 0 aliphatic carbocycles. The Morgan fingerprint density at radius 2 is 1.55 bits per heavy atom. The van der Waals surface area contributed by atoms with Crippen molar-refractivity contribution >= 4 is 0 Å². The van der Waals surface area contributed by atoms with Gasteiger partial charge in [0.1, 0.15) is 24.4 Å². The summed E-state index contributed by atoms with van der Waals surface area (Å²) in [5.41, 5.74) is 0. The molecule has 0 aromatic rings. The fourth-order valence-electron chi connectivity index (χ4n) is 2.59. The fourth-order valence-corrected chi connectivity index (χ4v) is 2.59. The first kappa shape index (κ1) is 17.8. The minimum atomic E-state index is -1.91. The summed E-state index contributed by atoms with van der Waals surface area (Å²) in [6.07, 6.45) is 0.669. The molecule has 1 aliphatic rings. The zero-order chi connectivity index (χ0) is 15.2. The van der Waals surface area contributed by atoms with Crippen LogP contribution in [0.5, 0.6) is 0 Å². The van der Waals surface area contributed by atoms with Gasteiger partial charge in [-0.1, -0.05) is 39.0 Å². The van der Waals surface area contributed by atoms with Crippen LogP contribution in [0.3, 0.4) is 0 Å². The molecular formula is C14H28O6. The third-order valence-electron chi connectivity index (χ3n) is 3.94. The van der Waals surface area contributed by atoms with E-state index in [-0.39, 0.29) is 6.42 Å². The van der Waals surface area contributed by atoms with Gasteiger partial charge in [0.05, 0.1) is 6.61 Å². The van der Waals surface area contributed by atoms with Gasteiger partial charge < -0.3 is 30.3 Å². The summed E-state index contributed by atoms with van der Waals surface area (Å²) in [5.74, 6) is -1.91. The Kier molecular flexibility index (Phi) is 7.36. The predicted octanol–water partition coefficient (Wildman–Crippen LogP) is -0.101. The largest absolute Gasteiger partial charge is 0.394 e. The van der Waals surface area contributed by atoms with E-state index in [0.717, 1.165) is 25.7 Å². The van der Waals surface area contributed by atoms with Crippen LogP contribution in [0.4, 0.5) is 0 Å². The Labute approximate surface area is 120 Å². The standard InChI is InChI=1S/C14H28O6/c1-2-3-4-5-6-7-8-14(19)13(18)12(17)11(16)10(9-15)20-14/h10-13,15-19H,2-9H2,1H3. The second-order valence-corrected chi connectivity index (χ2v) is 5.63. The molecule has 120 valence electrons. The topological polar surface area (TPSA) is 110 Å². The molecule has 1 aliphatic heterocycles. The SMILES string of the molecule is CCCCCCCCC1(O)OC(CO)C(O)C(O)C1O. The molecule has 0 bridgehead atoms. The molecule has 0 saturated carbocycles. The van der Waals surface area contributed by atoms with Crippen molar-refractivity contribution in [3.05, 3.63) is 0 Å². The van der Waals surface area contributed by atoms with Crippen molar-refractivity contribution in [1.82, 2.24) is 0 Å². The van der Waals surface area contributed by atoms with Crippen LogP contribution in [-0.2, 0) is 4.74 Å². The third kappa shape index (κ3) is 4.38. The van der Waals surface area contributed by atoms with E-state index in [1.807, 2.05) is 0 Å². The number of aliphatic hydroxyl groups excluding tert-OH is 4. The quantitative estimate of drug-likeness (QED) is 0.400. The Balaban J connectivity index is 2.44. The summed E-state index contributed by atoms with van der Waals surface area (Å²) in [4.78, 5) is 0. The van der Waals surface area contributed by atoms with Crippen molar-refractivity contribution in [1.29, 1.82) is 0 Å². The van der Waals surface area contributed by atoms with E-state index < -0.39 is 36.8 Å². The van der Waals surface area contributed by atoms with Gasteiger partial charge in [0.15, 0.2) is 5.79 Å². The van der Waals surface area contributed by atoms with E-state index in [4.69, 9.17) is 9.84 Å². The van der Waals surface area contributed by atoms with Gasteiger partial charge in [0.2, 0.25) is 0 Å². The number of hydrogen-bond acceptors (Lipinski definition) is 6. The lowest BCUT2D eigenvalue weighted by molar-refractivity contribution is -0.351. The van der Waals surface area contributed by atoms with Gasteiger partial charge in [-0.05, 0) is 6.42 Å². The smallest absolute Gasteiger partial charge is 0.195 e. The van der Waals surface area contributed by atoms with Crippen molar-refractivity contribution < 1.29 is 30.3 Å². The second kappa shape index (κ2) is 8.26. The third-order valence-corrected chi connectivity index (χ3v) is 3.94. The van der Waals surface area contributed by atoms with Crippen molar-refractivity contribution in [3.63, 3.8) is 0 Å². The van der Waals surface area contributed by atoms with Crippen LogP contribution < -0.4 is 0 Å². The van der Waals surface area contributed by atoms with Crippen molar-refractivity contribution in [2.45, 2.75) is 82.1 Å². The number of ether oxygens (including phenoxy) is 1. The maximum absolute atomic E-state index is 10.3. The summed E-state index contributed by atoms with van der Waals surface area (Å²) < 4.78 is 5.19. The Morgan fingerprint density at radius 3 is 2.15 bits per heavy atom. The van der Waals surface area contributed by atoms with Crippen LogP contribution >= 0.6 is 0 Å². The molecule has 5 N–H and O–H groups in total. The van der Waals surface area contributed by atoms with E-state index in [2.05, 4.69) is 6.92 Å². The van der Waals surface area contributed by atoms with Crippen LogP contribution in [0.1, 0.15) is 51.9 Å². The van der Waals surface area contributed by atoms with Gasteiger partial charge in [-0.3, -0.25) is 0 Å². The van der Waals surface area contributed by atoms with Crippen molar-refractivity contribution in [2.24, 2.45) is 0 Å². The first-order chi connectivity index (χ1) is 9.46. The minimum absolute atomic E-state index is 0.167. The highest BCUT2D eigenvalue weighted by Crippen LogP contribution is 2.32. The molecular weight excluding hydrogens is 264 g/mol. The van der Waals surface area contributed by atoms with Crippen LogP contribution in [-0.4, -0.2) is 62.3 Å². The second-order valence-electron chi connectivity index (χ2n) is 5.63. The van der Waals surface area contributed by atoms with E-state index in [9.17, 15) is 20.4 Å². The average molecular weight is 292 g/mol. The monoisotopic (exact) mass is 292 g/mol. The van der Waals surface area contributed by atoms with E-state index in [0.29, 0.717) is 6.42 Å². The van der Waals surface area contributed by atoms with Crippen LogP contribution in [0.25, 0.3) is 0 Å². The lowest BCUT2D eigenvalue weighted by Gasteiger charge is -2.45. The summed E-state index contributed by atoms with van der Waals surface area (Å²) in [6, 6.07) is 0. The molecule has 6 nitrogen and oxygen atoms in total. The lowest BCUT2D eigenvalue weighted by Crippen LogP contribution is -2.65. The zero-order valence-electron chi connectivity index (χ0n) is 12.1. The highest BCUT2D eigenvalue weighted by Gasteiger charge is 2.51. The maximum atomic E-state index is 10.3. The first-order valence-corrected chi connectivity index (χ1v) is 7.51. The van der Waals surface area contributed by atoms with Crippen molar-refractivity contribution in [3.8, 4) is 0 Å². The summed E-state index contributed by atoms with van der Waals surface area (Å²) in [5, 5.41) is 48.5. The van der Waals surface area contributed by atoms with E-state index >= 15 is 0 Å². The number of unbranched alkanes of at least 4 members (excludes halogenated alkanes) is 5. The molecule has 0 radical (unpaired) electrons. The van der Waals surface area contributed by atoms with E-state index in [1.165, 1.54) is 6.42 Å². The highest BCUT2D eigenvalue weighted by atomic mass is 16.7. The van der Waals surface area contributed by atoms with Crippen LogP contribution in [0.15, 0.2) is 0 Å². The molecule has 1 heterocycles. The number of rotatable bonds is 8. The lowest BCUT2D eigenvalue weighted by atomic mass is 9.89. The fraction of sp³-hybridized carbons (Fsp3) is 1.00. The first-order valence-electron chi connectivity index (χ1n) is 7.51. The number of aliphatic hydroxyl groups is 5. The predicted molar refractivity (Wildman–Crippen MR) is 72.9 cm³/mol. The van der Waals surface area contributed by atoms with Gasteiger partial charge in [0, 0.05) is 6.42 Å². The molecule has 0 spiro atoms. The Bertz CT molecular complexity index is 272. The van der Waals surface area contributed by atoms with Gasteiger partial charge in [-0.2, -0.15) is 0 Å². The zero-order valence-corrected chi connectivity index (χ0v) is 12.1. The van der Waals surface area contributed by atoms with E-state index in [1.54, 1.807) is 0 Å². The summed E-state index contributed by atoms with van der Waals surface area (Å²) in [6.45, 7) is 1.61. The average Bonchev–Trinajstić information content (AvgIpc) is 2.45. The molecule has 1 rings (SSSR count). The van der Waals surface area contributed by atoms with Crippen LogP contribution in [0, 0.1) is 0 Å². The minimum Gasteiger partial charge on any atom is -0.394 e. The Hall–Kier alpha value is -0.240. The van der Waals surface area contributed by atoms with Gasteiger partial charge in [-0.25, -0.2) is 0 Å². The molecule has 0 amide bonds. The molecule has 6 heteroatoms. The molecule has 0 aromatic carbocycles. The van der Waals surface area contributed by atoms with Crippen molar-refractivity contribution in [2.75, 3.05) is 6.61 Å². The number of hydrogen-bond donors (Lipinski definition) is 5. The molecule has 1 fully saturated rings. The molecule has 5 unspecified atom stereocenters. The summed E-state index contributed by atoms with van der Waals surface area (Å²) >= 11 is 0. The van der Waals surface area contributed by atoms with Gasteiger partial charge in [-0.15, -0.1) is 0 Å². The van der Waals surface area contributed by atoms with Gasteiger partial charge >= 0.3 is 0 Å². The molecule has 0 aromatic heterocycles.